The second-order valence-corrected chi connectivity index (χ2v) is 4.80. The third-order valence-electron chi connectivity index (χ3n) is 2.62. The van der Waals surface area contributed by atoms with E-state index < -0.39 is 0 Å². The Morgan fingerprint density at radius 2 is 2.39 bits per heavy atom. The van der Waals surface area contributed by atoms with E-state index in [1.807, 2.05) is 25.1 Å². The molecular formula is C12H16BrN4O+. The summed E-state index contributed by atoms with van der Waals surface area (Å²) >= 11 is 3.45. The molecule has 0 amide bonds. The number of benzene rings is 1. The minimum absolute atomic E-state index is 0.804. The van der Waals surface area contributed by atoms with E-state index in [9.17, 15) is 0 Å². The average molecular weight is 312 g/mol. The number of hydrogen-bond acceptors (Lipinski definition) is 4. The van der Waals surface area contributed by atoms with E-state index in [2.05, 4.69) is 36.8 Å². The molecule has 0 atom stereocenters. The monoisotopic (exact) mass is 311 g/mol. The first-order chi connectivity index (χ1) is 8.70. The molecule has 0 fully saturated rings. The highest BCUT2D eigenvalue weighted by atomic mass is 79.9. The summed E-state index contributed by atoms with van der Waals surface area (Å²) in [5.74, 6) is 1.64. The fraction of sp³-hybridized carbons (Fsp3) is 0.333. The highest BCUT2D eigenvalue weighted by Gasteiger charge is 2.12. The maximum Gasteiger partial charge on any atom is 0.367 e. The molecule has 6 heteroatoms. The van der Waals surface area contributed by atoms with Crippen LogP contribution in [0.25, 0.3) is 0 Å². The van der Waals surface area contributed by atoms with Crippen LogP contribution < -0.4 is 20.5 Å². The molecule has 0 unspecified atom stereocenters. The molecule has 0 aromatic heterocycles. The molecule has 1 aliphatic rings. The van der Waals surface area contributed by atoms with Gasteiger partial charge in [0.15, 0.2) is 0 Å². The van der Waals surface area contributed by atoms with Crippen molar-refractivity contribution < 1.29 is 9.73 Å². The van der Waals surface area contributed by atoms with Gasteiger partial charge in [0, 0.05) is 10.0 Å². The molecule has 18 heavy (non-hydrogen) atoms. The molecule has 0 spiro atoms. The van der Waals surface area contributed by atoms with Crippen LogP contribution in [0.15, 0.2) is 27.8 Å². The van der Waals surface area contributed by atoms with Crippen molar-refractivity contribution in [2.45, 2.75) is 6.92 Å². The minimum Gasteiger partial charge on any atom is -0.496 e. The lowest BCUT2D eigenvalue weighted by Crippen LogP contribution is -2.73. The van der Waals surface area contributed by atoms with Crippen molar-refractivity contribution in [3.05, 3.63) is 28.2 Å². The van der Waals surface area contributed by atoms with E-state index in [0.29, 0.717) is 0 Å². The quantitative estimate of drug-likeness (QED) is 0.536. The number of halogens is 1. The molecular weight excluding hydrogens is 296 g/mol. The van der Waals surface area contributed by atoms with E-state index >= 15 is 0 Å². The van der Waals surface area contributed by atoms with Crippen molar-refractivity contribution in [3.8, 4) is 5.75 Å². The summed E-state index contributed by atoms with van der Waals surface area (Å²) in [5.41, 5.74) is 4.78. The highest BCUT2D eigenvalue weighted by molar-refractivity contribution is 9.10. The van der Waals surface area contributed by atoms with Crippen LogP contribution in [0.1, 0.15) is 12.5 Å². The molecule has 5 nitrogen and oxygen atoms in total. The van der Waals surface area contributed by atoms with Crippen LogP contribution in [0.4, 0.5) is 0 Å². The highest BCUT2D eigenvalue weighted by Crippen LogP contribution is 2.23. The summed E-state index contributed by atoms with van der Waals surface area (Å²) in [4.78, 5) is 3.15. The van der Waals surface area contributed by atoms with Crippen LogP contribution in [-0.2, 0) is 0 Å². The van der Waals surface area contributed by atoms with Gasteiger partial charge in [0.05, 0.1) is 25.9 Å². The van der Waals surface area contributed by atoms with Crippen molar-refractivity contribution in [2.75, 3.05) is 20.2 Å². The molecule has 3 N–H and O–H groups in total. The zero-order valence-electron chi connectivity index (χ0n) is 10.4. The number of rotatable bonds is 3. The smallest absolute Gasteiger partial charge is 0.367 e. The number of methoxy groups -OCH3 is 1. The summed E-state index contributed by atoms with van der Waals surface area (Å²) in [6.45, 7) is 3.76. The second kappa shape index (κ2) is 5.86. The molecule has 0 radical (unpaired) electrons. The summed E-state index contributed by atoms with van der Waals surface area (Å²) in [6, 6.07) is 5.84. The van der Waals surface area contributed by atoms with E-state index in [-0.39, 0.29) is 0 Å². The fourth-order valence-corrected chi connectivity index (χ4v) is 2.04. The zero-order valence-corrected chi connectivity index (χ0v) is 12.0. The third kappa shape index (κ3) is 3.01. The number of guanidine groups is 1. The van der Waals surface area contributed by atoms with Crippen LogP contribution in [0.5, 0.6) is 5.75 Å². The van der Waals surface area contributed by atoms with E-state index in [1.54, 1.807) is 7.11 Å². The van der Waals surface area contributed by atoms with Crippen molar-refractivity contribution in [1.29, 1.82) is 0 Å². The molecule has 2 rings (SSSR count). The molecule has 1 aliphatic heterocycles. The zero-order chi connectivity index (χ0) is 13.0. The van der Waals surface area contributed by atoms with Gasteiger partial charge in [-0.2, -0.15) is 5.43 Å². The second-order valence-electron chi connectivity index (χ2n) is 3.88. The van der Waals surface area contributed by atoms with Gasteiger partial charge in [-0.1, -0.05) is 15.9 Å². The molecule has 0 saturated carbocycles. The largest absolute Gasteiger partial charge is 0.496 e. The first-order valence-corrected chi connectivity index (χ1v) is 6.49. The van der Waals surface area contributed by atoms with Gasteiger partial charge in [-0.25, -0.2) is 0 Å². The Labute approximate surface area is 114 Å². The van der Waals surface area contributed by atoms with Crippen LogP contribution in [0, 0.1) is 0 Å². The van der Waals surface area contributed by atoms with Gasteiger partial charge in [0.1, 0.15) is 5.75 Å². The summed E-state index contributed by atoms with van der Waals surface area (Å²) in [7, 11) is 1.66. The van der Waals surface area contributed by atoms with Gasteiger partial charge in [-0.3, -0.25) is 10.3 Å². The SMILES string of the molecule is COc1ccc(Br)cc1/C(C)=N/NC1=[NH+]CCN1. The Kier molecular flexibility index (Phi) is 4.19. The first-order valence-electron chi connectivity index (χ1n) is 5.69. The van der Waals surface area contributed by atoms with Crippen molar-refractivity contribution in [3.63, 3.8) is 0 Å². The average Bonchev–Trinajstić information content (AvgIpc) is 2.89. The lowest BCUT2D eigenvalue weighted by Gasteiger charge is -2.07. The number of ether oxygens (including phenoxy) is 1. The maximum atomic E-state index is 5.33. The van der Waals surface area contributed by atoms with Crippen molar-refractivity contribution >= 4 is 27.6 Å². The van der Waals surface area contributed by atoms with Gasteiger partial charge >= 0.3 is 5.96 Å². The first kappa shape index (κ1) is 12.9. The van der Waals surface area contributed by atoms with Gasteiger partial charge < -0.3 is 4.74 Å². The van der Waals surface area contributed by atoms with Gasteiger partial charge in [-0.15, -0.1) is 5.10 Å². The number of hydrogen-bond donors (Lipinski definition) is 3. The standard InChI is InChI=1S/C12H15BrN4O/c1-8(16-17-12-14-5-6-15-12)10-7-9(13)3-4-11(10)18-2/h3-4,7H,5-6H2,1-2H3,(H2,14,15,17)/p+1/b16-8+. The van der Waals surface area contributed by atoms with E-state index in [1.165, 1.54) is 0 Å². The van der Waals surface area contributed by atoms with Gasteiger partial charge in [0.25, 0.3) is 0 Å². The predicted molar refractivity (Wildman–Crippen MR) is 74.9 cm³/mol. The normalized spacial score (nSPS) is 15.1. The van der Waals surface area contributed by atoms with Gasteiger partial charge in [-0.05, 0) is 25.1 Å². The van der Waals surface area contributed by atoms with Crippen LogP contribution in [0.3, 0.4) is 0 Å². The lowest BCUT2D eigenvalue weighted by molar-refractivity contribution is -0.446. The lowest BCUT2D eigenvalue weighted by atomic mass is 10.1. The van der Waals surface area contributed by atoms with Gasteiger partial charge in [0.2, 0.25) is 0 Å². The fourth-order valence-electron chi connectivity index (χ4n) is 1.68. The third-order valence-corrected chi connectivity index (χ3v) is 3.11. The number of nitrogens with zero attached hydrogens (tertiary/aromatic N) is 1. The molecule has 0 aliphatic carbocycles. The molecule has 0 bridgehead atoms. The Morgan fingerprint density at radius 1 is 1.56 bits per heavy atom. The molecule has 1 heterocycles. The van der Waals surface area contributed by atoms with Crippen LogP contribution >= 0.6 is 15.9 Å². The van der Waals surface area contributed by atoms with Crippen molar-refractivity contribution in [1.82, 2.24) is 10.7 Å². The summed E-state index contributed by atoms with van der Waals surface area (Å²) in [5, 5.41) is 7.48. The summed E-state index contributed by atoms with van der Waals surface area (Å²) < 4.78 is 6.32. The number of nitrogens with one attached hydrogen (secondary N) is 3. The molecule has 1 aromatic rings. The predicted octanol–water partition coefficient (Wildman–Crippen LogP) is -0.189. The van der Waals surface area contributed by atoms with E-state index in [0.717, 1.165) is 40.5 Å². The van der Waals surface area contributed by atoms with Crippen LogP contribution in [0.2, 0.25) is 0 Å². The molecule has 1 aromatic carbocycles. The summed E-state index contributed by atoms with van der Waals surface area (Å²) in [6.07, 6.45) is 0. The minimum atomic E-state index is 0.804. The topological polar surface area (TPSA) is 59.6 Å². The Morgan fingerprint density at radius 3 is 3.06 bits per heavy atom. The Bertz CT molecular complexity index is 499. The number of hydrazone groups is 1. The Balaban J connectivity index is 2.18. The van der Waals surface area contributed by atoms with Crippen molar-refractivity contribution in [2.24, 2.45) is 5.10 Å². The van der Waals surface area contributed by atoms with Crippen LogP contribution in [-0.4, -0.2) is 31.9 Å². The maximum absolute atomic E-state index is 5.33. The van der Waals surface area contributed by atoms with E-state index in [4.69, 9.17) is 4.74 Å². The molecule has 96 valence electrons. The Hall–Kier alpha value is -1.56. The molecule has 0 saturated heterocycles.